The molecule has 0 aromatic carbocycles. The molecule has 0 heterocycles. The van der Waals surface area contributed by atoms with Crippen LogP contribution in [-0.4, -0.2) is 25.6 Å². The summed E-state index contributed by atoms with van der Waals surface area (Å²) in [7, 11) is 6.64. The molecular weight excluding hydrogens is 266 g/mol. The second-order valence-electron chi connectivity index (χ2n) is 7.92. The molecule has 0 aliphatic carbocycles. The van der Waals surface area contributed by atoms with Gasteiger partial charge < -0.3 is 4.48 Å². The first-order chi connectivity index (χ1) is 10.5. The van der Waals surface area contributed by atoms with Crippen molar-refractivity contribution in [3.8, 4) is 0 Å². The quantitative estimate of drug-likeness (QED) is 0.211. The van der Waals surface area contributed by atoms with E-state index < -0.39 is 0 Å². The van der Waals surface area contributed by atoms with E-state index in [1.165, 1.54) is 102 Å². The Hall–Kier alpha value is -0.300. The number of hydrogen-bond donors (Lipinski definition) is 0. The number of nitrogens with zero attached hydrogens (tertiary/aromatic N) is 1. The topological polar surface area (TPSA) is 0 Å². The molecule has 1 nitrogen and oxygen atoms in total. The van der Waals surface area contributed by atoms with Crippen molar-refractivity contribution in [2.45, 2.75) is 103 Å². The van der Waals surface area contributed by atoms with E-state index in [-0.39, 0.29) is 0 Å². The Labute approximate surface area is 141 Å². The molecule has 0 saturated heterocycles. The first-order valence-corrected chi connectivity index (χ1v) is 9.98. The monoisotopic (exact) mass is 310 g/mol. The fourth-order valence-corrected chi connectivity index (χ4v) is 2.86. The molecule has 0 rings (SSSR count). The Bertz CT molecular complexity index is 249. The van der Waals surface area contributed by atoms with E-state index in [2.05, 4.69) is 34.6 Å². The zero-order valence-electron chi connectivity index (χ0n) is 16.3. The van der Waals surface area contributed by atoms with Crippen LogP contribution in [0.1, 0.15) is 103 Å². The van der Waals surface area contributed by atoms with Crippen LogP contribution in [0.15, 0.2) is 12.3 Å². The molecule has 0 spiro atoms. The Morgan fingerprint density at radius 3 is 1.23 bits per heavy atom. The normalized spacial score (nSPS) is 11.8. The van der Waals surface area contributed by atoms with E-state index in [1.807, 2.05) is 0 Å². The second kappa shape index (κ2) is 14.3. The van der Waals surface area contributed by atoms with Crippen LogP contribution in [0.2, 0.25) is 0 Å². The smallest absolute Gasteiger partial charge is 0.101 e. The predicted molar refractivity (Wildman–Crippen MR) is 102 cm³/mol. The SMILES string of the molecule is C=C(CCCCCCCCCCCCCCCC)[N+](C)(C)C. The average Bonchev–Trinajstić information content (AvgIpc) is 2.46. The molecular formula is C21H44N+. The van der Waals surface area contributed by atoms with Crippen LogP contribution in [-0.2, 0) is 0 Å². The molecule has 0 unspecified atom stereocenters. The second-order valence-corrected chi connectivity index (χ2v) is 7.92. The minimum absolute atomic E-state index is 0.915. The summed E-state index contributed by atoms with van der Waals surface area (Å²) >= 11 is 0. The lowest BCUT2D eigenvalue weighted by atomic mass is 10.0. The highest BCUT2D eigenvalue weighted by Gasteiger charge is 2.12. The van der Waals surface area contributed by atoms with Gasteiger partial charge in [-0.25, -0.2) is 0 Å². The third kappa shape index (κ3) is 14.6. The number of hydrogen-bond acceptors (Lipinski definition) is 0. The number of allylic oxidation sites excluding steroid dienone is 1. The van der Waals surface area contributed by atoms with Gasteiger partial charge in [0.25, 0.3) is 0 Å². The molecule has 0 fully saturated rings. The summed E-state index contributed by atoms with van der Waals surface area (Å²) in [6, 6.07) is 0. The molecule has 22 heavy (non-hydrogen) atoms. The van der Waals surface area contributed by atoms with E-state index in [0.717, 1.165) is 4.48 Å². The van der Waals surface area contributed by atoms with E-state index >= 15 is 0 Å². The first kappa shape index (κ1) is 21.7. The van der Waals surface area contributed by atoms with E-state index in [9.17, 15) is 0 Å². The highest BCUT2D eigenvalue weighted by molar-refractivity contribution is 4.81. The van der Waals surface area contributed by atoms with Gasteiger partial charge in [0, 0.05) is 6.42 Å². The molecule has 0 aromatic rings. The van der Waals surface area contributed by atoms with Gasteiger partial charge in [0.2, 0.25) is 0 Å². The van der Waals surface area contributed by atoms with Crippen molar-refractivity contribution in [2.24, 2.45) is 0 Å². The summed E-state index contributed by atoms with van der Waals surface area (Å²) in [5.41, 5.74) is 1.36. The molecule has 0 aromatic heterocycles. The average molecular weight is 311 g/mol. The van der Waals surface area contributed by atoms with Crippen molar-refractivity contribution in [2.75, 3.05) is 21.1 Å². The third-order valence-corrected chi connectivity index (χ3v) is 4.77. The molecule has 0 aliphatic heterocycles. The highest BCUT2D eigenvalue weighted by Crippen LogP contribution is 2.16. The van der Waals surface area contributed by atoms with Gasteiger partial charge >= 0.3 is 0 Å². The van der Waals surface area contributed by atoms with Gasteiger partial charge in [0.05, 0.1) is 21.1 Å². The maximum atomic E-state index is 4.20. The van der Waals surface area contributed by atoms with Crippen LogP contribution >= 0.6 is 0 Å². The van der Waals surface area contributed by atoms with Crippen LogP contribution in [0.4, 0.5) is 0 Å². The lowest BCUT2D eigenvalue weighted by Gasteiger charge is -2.25. The fourth-order valence-electron chi connectivity index (χ4n) is 2.86. The summed E-state index contributed by atoms with van der Waals surface area (Å²) in [5, 5.41) is 0. The number of rotatable bonds is 16. The van der Waals surface area contributed by atoms with Crippen molar-refractivity contribution in [1.29, 1.82) is 0 Å². The van der Waals surface area contributed by atoms with Crippen molar-refractivity contribution >= 4 is 0 Å². The van der Waals surface area contributed by atoms with Crippen LogP contribution in [0, 0.1) is 0 Å². The van der Waals surface area contributed by atoms with Gasteiger partial charge in [0.1, 0.15) is 5.70 Å². The lowest BCUT2D eigenvalue weighted by molar-refractivity contribution is -0.832. The summed E-state index contributed by atoms with van der Waals surface area (Å²) < 4.78 is 0.915. The van der Waals surface area contributed by atoms with Crippen LogP contribution in [0.5, 0.6) is 0 Å². The summed E-state index contributed by atoms with van der Waals surface area (Å²) in [4.78, 5) is 0. The molecule has 0 atom stereocenters. The van der Waals surface area contributed by atoms with Crippen molar-refractivity contribution in [3.05, 3.63) is 12.3 Å². The van der Waals surface area contributed by atoms with Gasteiger partial charge in [-0.3, -0.25) is 0 Å². The number of unbranched alkanes of at least 4 members (excludes halogenated alkanes) is 13. The number of quaternary nitrogens is 1. The standard InChI is InChI=1S/C21H44N/c1-6-7-8-9-10-11-12-13-14-15-16-17-18-19-20-21(2)22(3,4)5/h2,6-20H2,1,3-5H3/q+1. The highest BCUT2D eigenvalue weighted by atomic mass is 15.3. The van der Waals surface area contributed by atoms with Gasteiger partial charge in [-0.2, -0.15) is 0 Å². The van der Waals surface area contributed by atoms with E-state index in [0.29, 0.717) is 0 Å². The first-order valence-electron chi connectivity index (χ1n) is 9.98. The Kier molecular flexibility index (Phi) is 14.1. The van der Waals surface area contributed by atoms with E-state index in [4.69, 9.17) is 0 Å². The van der Waals surface area contributed by atoms with E-state index in [1.54, 1.807) is 0 Å². The summed E-state index contributed by atoms with van der Waals surface area (Å²) in [6.45, 7) is 6.49. The lowest BCUT2D eigenvalue weighted by Crippen LogP contribution is -2.32. The largest absolute Gasteiger partial charge is 0.302 e. The Morgan fingerprint density at radius 1 is 0.591 bits per heavy atom. The van der Waals surface area contributed by atoms with Crippen molar-refractivity contribution in [3.63, 3.8) is 0 Å². The zero-order valence-corrected chi connectivity index (χ0v) is 16.3. The zero-order chi connectivity index (χ0) is 16.7. The molecule has 0 radical (unpaired) electrons. The predicted octanol–water partition coefficient (Wildman–Crippen LogP) is 7.08. The van der Waals surface area contributed by atoms with Gasteiger partial charge in [0.15, 0.2) is 0 Å². The molecule has 0 amide bonds. The van der Waals surface area contributed by atoms with Gasteiger partial charge in [-0.15, -0.1) is 0 Å². The maximum Gasteiger partial charge on any atom is 0.101 e. The molecule has 0 saturated carbocycles. The maximum absolute atomic E-state index is 4.20. The minimum Gasteiger partial charge on any atom is -0.302 e. The summed E-state index contributed by atoms with van der Waals surface area (Å²) in [5.74, 6) is 0. The van der Waals surface area contributed by atoms with Gasteiger partial charge in [-0.1, -0.05) is 90.4 Å². The van der Waals surface area contributed by atoms with Crippen LogP contribution in [0.25, 0.3) is 0 Å². The molecule has 0 bridgehead atoms. The van der Waals surface area contributed by atoms with Gasteiger partial charge in [-0.05, 0) is 13.0 Å². The molecule has 132 valence electrons. The molecule has 1 heteroatoms. The fraction of sp³-hybridized carbons (Fsp3) is 0.905. The van der Waals surface area contributed by atoms with Crippen LogP contribution < -0.4 is 0 Å². The Balaban J connectivity index is 3.13. The molecule has 0 aliphatic rings. The minimum atomic E-state index is 0.915. The van der Waals surface area contributed by atoms with Crippen molar-refractivity contribution in [1.82, 2.24) is 0 Å². The Morgan fingerprint density at radius 2 is 0.909 bits per heavy atom. The van der Waals surface area contributed by atoms with Crippen LogP contribution in [0.3, 0.4) is 0 Å². The molecule has 0 N–H and O–H groups in total. The third-order valence-electron chi connectivity index (χ3n) is 4.77. The van der Waals surface area contributed by atoms with Crippen molar-refractivity contribution < 1.29 is 4.48 Å². The summed E-state index contributed by atoms with van der Waals surface area (Å²) in [6.07, 6.45) is 21.3.